The number of aromatic nitrogens is 1. The maximum absolute atomic E-state index is 12.1. The highest BCUT2D eigenvalue weighted by Crippen LogP contribution is 2.32. The highest BCUT2D eigenvalue weighted by atomic mass is 79.9. The molecule has 0 unspecified atom stereocenters. The van der Waals surface area contributed by atoms with Crippen molar-refractivity contribution >= 4 is 44.5 Å². The van der Waals surface area contributed by atoms with Crippen molar-refractivity contribution in [2.45, 2.75) is 53.7 Å². The molecule has 1 amide bonds. The molecular formula is C22H31BrN4O4S. The fraction of sp³-hybridized carbons (Fsp3) is 0.500. The standard InChI is InChI=1S/C22H31BrN4O4S/c1-21(2,3)18(28)31-27-19-26-17(14-8-7-9-15(23)12-14)16(32-19)13-24-10-11-25-20(29)30-22(4,5)6/h7-9,12,24H,10-11,13H2,1-6H3,(H,25,29)(H,26,27). The van der Waals surface area contributed by atoms with E-state index in [-0.39, 0.29) is 5.97 Å². The fourth-order valence-corrected chi connectivity index (χ4v) is 3.68. The van der Waals surface area contributed by atoms with Crippen LogP contribution in [0.4, 0.5) is 9.93 Å². The lowest BCUT2D eigenvalue weighted by molar-refractivity contribution is -0.149. The molecular weight excluding hydrogens is 496 g/mol. The Bertz CT molecular complexity index is 935. The maximum Gasteiger partial charge on any atom is 0.407 e. The molecule has 32 heavy (non-hydrogen) atoms. The number of hydrogen-bond acceptors (Lipinski definition) is 8. The van der Waals surface area contributed by atoms with Crippen molar-refractivity contribution in [3.05, 3.63) is 33.6 Å². The lowest BCUT2D eigenvalue weighted by atomic mass is 9.98. The molecule has 0 bridgehead atoms. The minimum atomic E-state index is -0.622. The summed E-state index contributed by atoms with van der Waals surface area (Å²) in [4.78, 5) is 34.6. The van der Waals surface area contributed by atoms with Gasteiger partial charge in [0, 0.05) is 34.5 Å². The van der Waals surface area contributed by atoms with Crippen LogP contribution in [0.25, 0.3) is 11.3 Å². The number of benzene rings is 1. The van der Waals surface area contributed by atoms with E-state index in [4.69, 9.17) is 9.57 Å². The van der Waals surface area contributed by atoms with E-state index in [9.17, 15) is 9.59 Å². The molecule has 1 aromatic heterocycles. The Balaban J connectivity index is 2.02. The van der Waals surface area contributed by atoms with Crippen LogP contribution in [-0.4, -0.2) is 35.7 Å². The number of thiazole rings is 1. The molecule has 0 aliphatic carbocycles. The van der Waals surface area contributed by atoms with Crippen molar-refractivity contribution in [3.8, 4) is 11.3 Å². The fourth-order valence-electron chi connectivity index (χ4n) is 2.39. The molecule has 1 heterocycles. The van der Waals surface area contributed by atoms with Gasteiger partial charge in [0.25, 0.3) is 0 Å². The molecule has 1 aromatic carbocycles. The SMILES string of the molecule is CC(C)(C)OC(=O)NCCNCc1sc(NOC(=O)C(C)(C)C)nc1-c1cccc(Br)c1. The number of halogens is 1. The second kappa shape index (κ2) is 11.1. The summed E-state index contributed by atoms with van der Waals surface area (Å²) in [5, 5.41) is 6.51. The predicted molar refractivity (Wildman–Crippen MR) is 130 cm³/mol. The normalized spacial score (nSPS) is 11.7. The third-order valence-electron chi connectivity index (χ3n) is 3.89. The number of ether oxygens (including phenoxy) is 1. The summed E-state index contributed by atoms with van der Waals surface area (Å²) in [5.74, 6) is -0.371. The van der Waals surface area contributed by atoms with Gasteiger partial charge in [-0.2, -0.15) is 5.48 Å². The molecule has 0 saturated carbocycles. The number of nitrogens with one attached hydrogen (secondary N) is 3. The van der Waals surface area contributed by atoms with Gasteiger partial charge in [0.05, 0.1) is 11.1 Å². The van der Waals surface area contributed by atoms with Gasteiger partial charge in [0.1, 0.15) is 5.60 Å². The van der Waals surface area contributed by atoms with Gasteiger partial charge in [-0.25, -0.2) is 14.6 Å². The van der Waals surface area contributed by atoms with Gasteiger partial charge >= 0.3 is 12.1 Å². The number of anilines is 1. The Hall–Kier alpha value is -2.17. The zero-order valence-electron chi connectivity index (χ0n) is 19.3. The maximum atomic E-state index is 12.1. The molecule has 0 saturated heterocycles. The lowest BCUT2D eigenvalue weighted by Gasteiger charge is -2.19. The van der Waals surface area contributed by atoms with Gasteiger partial charge < -0.3 is 20.2 Å². The molecule has 0 aliphatic rings. The molecule has 2 aromatic rings. The second-order valence-electron chi connectivity index (χ2n) is 9.15. The Labute approximate surface area is 201 Å². The van der Waals surface area contributed by atoms with E-state index in [0.717, 1.165) is 20.6 Å². The molecule has 0 spiro atoms. The van der Waals surface area contributed by atoms with E-state index in [1.807, 2.05) is 45.0 Å². The largest absolute Gasteiger partial charge is 0.444 e. The summed E-state index contributed by atoms with van der Waals surface area (Å²) in [6, 6.07) is 7.83. The van der Waals surface area contributed by atoms with Crippen molar-refractivity contribution < 1.29 is 19.2 Å². The van der Waals surface area contributed by atoms with E-state index in [0.29, 0.717) is 24.8 Å². The molecule has 8 nitrogen and oxygen atoms in total. The quantitative estimate of drug-likeness (QED) is 0.324. The van der Waals surface area contributed by atoms with Crippen molar-refractivity contribution in [2.75, 3.05) is 18.6 Å². The van der Waals surface area contributed by atoms with Gasteiger partial charge in [-0.1, -0.05) is 39.4 Å². The topological polar surface area (TPSA) is 102 Å². The van der Waals surface area contributed by atoms with Gasteiger partial charge in [0.2, 0.25) is 5.13 Å². The van der Waals surface area contributed by atoms with Crippen molar-refractivity contribution in [2.24, 2.45) is 5.41 Å². The van der Waals surface area contributed by atoms with Gasteiger partial charge in [0.15, 0.2) is 0 Å². The lowest BCUT2D eigenvalue weighted by Crippen LogP contribution is -2.36. The number of hydrogen-bond donors (Lipinski definition) is 3. The van der Waals surface area contributed by atoms with Gasteiger partial charge in [-0.05, 0) is 53.7 Å². The van der Waals surface area contributed by atoms with Crippen molar-refractivity contribution in [3.63, 3.8) is 0 Å². The number of alkyl carbamates (subject to hydrolysis) is 1. The molecule has 2 rings (SSSR count). The molecule has 0 atom stereocenters. The van der Waals surface area contributed by atoms with Gasteiger partial charge in [-0.3, -0.25) is 0 Å². The van der Waals surface area contributed by atoms with E-state index in [1.54, 1.807) is 20.8 Å². The summed E-state index contributed by atoms with van der Waals surface area (Å²) in [6.07, 6.45) is -0.445. The van der Waals surface area contributed by atoms with E-state index < -0.39 is 17.1 Å². The second-order valence-corrected chi connectivity index (χ2v) is 11.1. The Morgan fingerprint density at radius 2 is 1.84 bits per heavy atom. The van der Waals surface area contributed by atoms with Crippen LogP contribution < -0.4 is 16.1 Å². The molecule has 0 aliphatic heterocycles. The summed E-state index contributed by atoms with van der Waals surface area (Å²) in [6.45, 7) is 12.3. The van der Waals surface area contributed by atoms with Crippen LogP contribution in [0.15, 0.2) is 28.7 Å². The average Bonchev–Trinajstić information content (AvgIpc) is 3.06. The van der Waals surface area contributed by atoms with E-state index in [2.05, 4.69) is 37.0 Å². The summed E-state index contributed by atoms with van der Waals surface area (Å²) in [7, 11) is 0. The first kappa shape index (κ1) is 26.1. The minimum Gasteiger partial charge on any atom is -0.444 e. The molecule has 0 fully saturated rings. The first-order valence-electron chi connectivity index (χ1n) is 10.3. The summed E-state index contributed by atoms with van der Waals surface area (Å²) in [5.41, 5.74) is 3.26. The predicted octanol–water partition coefficient (Wildman–Crippen LogP) is 5.10. The smallest absolute Gasteiger partial charge is 0.407 e. The molecule has 10 heteroatoms. The summed E-state index contributed by atoms with van der Waals surface area (Å²) < 4.78 is 6.17. The third-order valence-corrected chi connectivity index (χ3v) is 5.34. The number of carbonyl (C=O) groups is 2. The van der Waals surface area contributed by atoms with E-state index >= 15 is 0 Å². The highest BCUT2D eigenvalue weighted by molar-refractivity contribution is 9.10. The van der Waals surface area contributed by atoms with Crippen LogP contribution in [0.5, 0.6) is 0 Å². The van der Waals surface area contributed by atoms with Gasteiger partial charge in [-0.15, -0.1) is 0 Å². The first-order valence-corrected chi connectivity index (χ1v) is 11.9. The van der Waals surface area contributed by atoms with Crippen molar-refractivity contribution in [1.29, 1.82) is 0 Å². The Morgan fingerprint density at radius 1 is 1.12 bits per heavy atom. The number of amides is 1. The van der Waals surface area contributed by atoms with Crippen molar-refractivity contribution in [1.82, 2.24) is 15.6 Å². The Morgan fingerprint density at radius 3 is 2.47 bits per heavy atom. The monoisotopic (exact) mass is 526 g/mol. The highest BCUT2D eigenvalue weighted by Gasteiger charge is 2.24. The van der Waals surface area contributed by atoms with Crippen LogP contribution in [0, 0.1) is 5.41 Å². The number of carbonyl (C=O) groups excluding carboxylic acids is 2. The molecule has 0 radical (unpaired) electrons. The average molecular weight is 527 g/mol. The van der Waals surface area contributed by atoms with Crippen LogP contribution >= 0.6 is 27.3 Å². The van der Waals surface area contributed by atoms with Crippen LogP contribution in [0.3, 0.4) is 0 Å². The first-order chi connectivity index (χ1) is 14.8. The summed E-state index contributed by atoms with van der Waals surface area (Å²) >= 11 is 4.89. The van der Waals surface area contributed by atoms with Crippen LogP contribution in [0.1, 0.15) is 46.4 Å². The number of rotatable bonds is 8. The zero-order valence-corrected chi connectivity index (χ0v) is 21.7. The minimum absolute atomic E-state index is 0.371. The third kappa shape index (κ3) is 8.76. The molecule has 3 N–H and O–H groups in total. The Kier molecular flexibility index (Phi) is 9.06. The van der Waals surface area contributed by atoms with E-state index in [1.165, 1.54) is 11.3 Å². The number of nitrogens with zero attached hydrogens (tertiary/aromatic N) is 1. The zero-order chi connectivity index (χ0) is 23.9. The van der Waals surface area contributed by atoms with Crippen LogP contribution in [-0.2, 0) is 20.9 Å². The molecule has 176 valence electrons. The van der Waals surface area contributed by atoms with Crippen LogP contribution in [0.2, 0.25) is 0 Å².